The first-order chi connectivity index (χ1) is 9.49. The van der Waals surface area contributed by atoms with Crippen molar-refractivity contribution in [2.24, 2.45) is 0 Å². The number of nitrogens with one attached hydrogen (secondary N) is 1. The molecule has 0 unspecified atom stereocenters. The molecule has 0 spiro atoms. The highest BCUT2D eigenvalue weighted by atomic mass is 16.4. The maximum atomic E-state index is 10.7. The van der Waals surface area contributed by atoms with Crippen molar-refractivity contribution in [1.82, 2.24) is 10.2 Å². The number of nitrogens with zero attached hydrogens (tertiary/aromatic N) is 2. The molecule has 0 saturated heterocycles. The number of carbonyl (C=O) groups is 1. The van der Waals surface area contributed by atoms with Gasteiger partial charge < -0.3 is 10.4 Å². The Morgan fingerprint density at radius 2 is 1.95 bits per heavy atom. The SMILES string of the molecule is Cc1cccc(C(C)C)c1Nc1ccc(C(=O)O)nn1. The van der Waals surface area contributed by atoms with Crippen LogP contribution in [-0.2, 0) is 0 Å². The van der Waals surface area contributed by atoms with Gasteiger partial charge in [0.25, 0.3) is 0 Å². The van der Waals surface area contributed by atoms with Gasteiger partial charge in [0.15, 0.2) is 11.5 Å². The summed E-state index contributed by atoms with van der Waals surface area (Å²) in [6.07, 6.45) is 0. The molecule has 1 aromatic heterocycles. The summed E-state index contributed by atoms with van der Waals surface area (Å²) in [5.74, 6) is -0.169. The van der Waals surface area contributed by atoms with Crippen LogP contribution in [0.2, 0.25) is 0 Å². The van der Waals surface area contributed by atoms with Gasteiger partial charge in [-0.25, -0.2) is 4.79 Å². The van der Waals surface area contributed by atoms with E-state index in [2.05, 4.69) is 35.4 Å². The number of aryl methyl sites for hydroxylation is 1. The average Bonchev–Trinajstić information content (AvgIpc) is 2.41. The van der Waals surface area contributed by atoms with Gasteiger partial charge in [0.05, 0.1) is 0 Å². The molecule has 5 nitrogen and oxygen atoms in total. The summed E-state index contributed by atoms with van der Waals surface area (Å²) in [5, 5.41) is 19.6. The number of anilines is 2. The minimum Gasteiger partial charge on any atom is -0.476 e. The molecule has 20 heavy (non-hydrogen) atoms. The van der Waals surface area contributed by atoms with Crippen molar-refractivity contribution in [2.45, 2.75) is 26.7 Å². The lowest BCUT2D eigenvalue weighted by molar-refractivity contribution is 0.0689. The van der Waals surface area contributed by atoms with Crippen LogP contribution in [0, 0.1) is 6.92 Å². The Kier molecular flexibility index (Phi) is 3.98. The van der Waals surface area contributed by atoms with Gasteiger partial charge in [-0.15, -0.1) is 10.2 Å². The van der Waals surface area contributed by atoms with Gasteiger partial charge in [-0.3, -0.25) is 0 Å². The highest BCUT2D eigenvalue weighted by Gasteiger charge is 2.11. The Morgan fingerprint density at radius 1 is 1.20 bits per heavy atom. The van der Waals surface area contributed by atoms with Gasteiger partial charge in [0.1, 0.15) is 0 Å². The number of hydrogen-bond donors (Lipinski definition) is 2. The maximum Gasteiger partial charge on any atom is 0.356 e. The van der Waals surface area contributed by atoms with E-state index in [0.29, 0.717) is 11.7 Å². The predicted octanol–water partition coefficient (Wildman–Crippen LogP) is 3.35. The molecule has 2 aromatic rings. The predicted molar refractivity (Wildman–Crippen MR) is 77.5 cm³/mol. The molecular weight excluding hydrogens is 254 g/mol. The molecule has 0 amide bonds. The summed E-state index contributed by atoms with van der Waals surface area (Å²) >= 11 is 0. The molecule has 2 rings (SSSR count). The third kappa shape index (κ3) is 2.93. The van der Waals surface area contributed by atoms with E-state index in [0.717, 1.165) is 11.3 Å². The Labute approximate surface area is 117 Å². The highest BCUT2D eigenvalue weighted by Crippen LogP contribution is 2.29. The molecule has 0 fully saturated rings. The molecule has 104 valence electrons. The second-order valence-electron chi connectivity index (χ2n) is 4.93. The summed E-state index contributed by atoms with van der Waals surface area (Å²) in [6, 6.07) is 9.17. The molecule has 2 N–H and O–H groups in total. The van der Waals surface area contributed by atoms with Gasteiger partial charge in [0.2, 0.25) is 0 Å². The van der Waals surface area contributed by atoms with E-state index in [1.54, 1.807) is 6.07 Å². The van der Waals surface area contributed by atoms with Gasteiger partial charge >= 0.3 is 5.97 Å². The monoisotopic (exact) mass is 271 g/mol. The van der Waals surface area contributed by atoms with Crippen LogP contribution in [-0.4, -0.2) is 21.3 Å². The van der Waals surface area contributed by atoms with Crippen LogP contribution in [0.1, 0.15) is 41.4 Å². The zero-order chi connectivity index (χ0) is 14.7. The summed E-state index contributed by atoms with van der Waals surface area (Å²) < 4.78 is 0. The zero-order valence-electron chi connectivity index (χ0n) is 11.7. The standard InChI is InChI=1S/C15H17N3O2/c1-9(2)11-6-4-5-10(3)14(11)16-13-8-7-12(15(19)20)17-18-13/h4-9H,1-3H3,(H,16,18)(H,19,20). The van der Waals surface area contributed by atoms with Crippen LogP contribution < -0.4 is 5.32 Å². The summed E-state index contributed by atoms with van der Waals surface area (Å²) in [5.41, 5.74) is 3.23. The van der Waals surface area contributed by atoms with Crippen molar-refractivity contribution < 1.29 is 9.90 Å². The number of carboxylic acid groups (broad SMARTS) is 1. The molecule has 0 radical (unpaired) electrons. The molecule has 0 atom stereocenters. The summed E-state index contributed by atoms with van der Waals surface area (Å²) in [4.78, 5) is 10.7. The molecule has 0 saturated carbocycles. The number of hydrogen-bond acceptors (Lipinski definition) is 4. The highest BCUT2D eigenvalue weighted by molar-refractivity contribution is 5.85. The molecule has 0 aliphatic rings. The topological polar surface area (TPSA) is 75.1 Å². The molecule has 0 bridgehead atoms. The first-order valence-corrected chi connectivity index (χ1v) is 6.42. The van der Waals surface area contributed by atoms with E-state index >= 15 is 0 Å². The van der Waals surface area contributed by atoms with Crippen LogP contribution in [0.25, 0.3) is 0 Å². The molecule has 1 aromatic carbocycles. The second kappa shape index (κ2) is 5.69. The lowest BCUT2D eigenvalue weighted by atomic mass is 9.98. The smallest absolute Gasteiger partial charge is 0.356 e. The lowest BCUT2D eigenvalue weighted by Gasteiger charge is -2.16. The maximum absolute atomic E-state index is 10.7. The Hall–Kier alpha value is -2.43. The van der Waals surface area contributed by atoms with Gasteiger partial charge in [-0.1, -0.05) is 32.0 Å². The van der Waals surface area contributed by atoms with E-state index in [4.69, 9.17) is 5.11 Å². The van der Waals surface area contributed by atoms with Crippen molar-refractivity contribution in [1.29, 1.82) is 0 Å². The Morgan fingerprint density at radius 3 is 2.50 bits per heavy atom. The molecular formula is C15H17N3O2. The van der Waals surface area contributed by atoms with Crippen LogP contribution in [0.4, 0.5) is 11.5 Å². The fraction of sp³-hybridized carbons (Fsp3) is 0.267. The van der Waals surface area contributed by atoms with Crippen molar-refractivity contribution in [2.75, 3.05) is 5.32 Å². The van der Waals surface area contributed by atoms with Crippen molar-refractivity contribution in [3.8, 4) is 0 Å². The minimum atomic E-state index is -1.08. The zero-order valence-corrected chi connectivity index (χ0v) is 11.7. The van der Waals surface area contributed by atoms with Crippen LogP contribution in [0.5, 0.6) is 0 Å². The Balaban J connectivity index is 2.32. The summed E-state index contributed by atoms with van der Waals surface area (Å²) in [7, 11) is 0. The number of carboxylic acids is 1. The number of aromatic carboxylic acids is 1. The van der Waals surface area contributed by atoms with E-state index in [1.807, 2.05) is 19.1 Å². The normalized spacial score (nSPS) is 10.6. The number of para-hydroxylation sites is 1. The van der Waals surface area contributed by atoms with Crippen molar-refractivity contribution >= 4 is 17.5 Å². The van der Waals surface area contributed by atoms with E-state index in [1.165, 1.54) is 11.6 Å². The van der Waals surface area contributed by atoms with Crippen molar-refractivity contribution in [3.05, 3.63) is 47.2 Å². The van der Waals surface area contributed by atoms with E-state index in [-0.39, 0.29) is 5.69 Å². The molecule has 5 heteroatoms. The molecule has 0 aliphatic carbocycles. The molecule has 0 aliphatic heterocycles. The van der Waals surface area contributed by atoms with Crippen molar-refractivity contribution in [3.63, 3.8) is 0 Å². The quantitative estimate of drug-likeness (QED) is 0.891. The average molecular weight is 271 g/mol. The van der Waals surface area contributed by atoms with Crippen LogP contribution >= 0.6 is 0 Å². The van der Waals surface area contributed by atoms with Gasteiger partial charge in [-0.2, -0.15) is 0 Å². The van der Waals surface area contributed by atoms with E-state index < -0.39 is 5.97 Å². The first kappa shape index (κ1) is 14.0. The lowest BCUT2D eigenvalue weighted by Crippen LogP contribution is -2.05. The third-order valence-electron chi connectivity index (χ3n) is 3.06. The van der Waals surface area contributed by atoms with Crippen LogP contribution in [0.15, 0.2) is 30.3 Å². The first-order valence-electron chi connectivity index (χ1n) is 6.42. The summed E-state index contributed by atoms with van der Waals surface area (Å²) in [6.45, 7) is 6.27. The molecule has 1 heterocycles. The van der Waals surface area contributed by atoms with E-state index in [9.17, 15) is 4.79 Å². The number of benzene rings is 1. The largest absolute Gasteiger partial charge is 0.476 e. The number of aromatic nitrogens is 2. The Bertz CT molecular complexity index is 622. The fourth-order valence-electron chi connectivity index (χ4n) is 1.98. The second-order valence-corrected chi connectivity index (χ2v) is 4.93. The van der Waals surface area contributed by atoms with Gasteiger partial charge in [0, 0.05) is 5.69 Å². The fourth-order valence-corrected chi connectivity index (χ4v) is 1.98. The van der Waals surface area contributed by atoms with Gasteiger partial charge in [-0.05, 0) is 36.1 Å². The van der Waals surface area contributed by atoms with Crippen LogP contribution in [0.3, 0.4) is 0 Å². The minimum absolute atomic E-state index is 0.0654. The third-order valence-corrected chi connectivity index (χ3v) is 3.06. The number of rotatable bonds is 4.